The fourth-order valence-corrected chi connectivity index (χ4v) is 2.95. The van der Waals surface area contributed by atoms with Crippen LogP contribution >= 0.6 is 24.0 Å². The Bertz CT molecular complexity index is 484. The SMILES string of the molecule is CCc1cccc(NC(N)=NCC(C)CN2CCCCC2)c1.I. The van der Waals surface area contributed by atoms with Crippen LogP contribution in [-0.4, -0.2) is 37.0 Å². The van der Waals surface area contributed by atoms with E-state index in [0.29, 0.717) is 11.9 Å². The number of aliphatic imine (C=N–C) groups is 1. The molecule has 3 N–H and O–H groups in total. The molecule has 130 valence electrons. The van der Waals surface area contributed by atoms with E-state index in [1.807, 2.05) is 12.1 Å². The third-order valence-corrected chi connectivity index (χ3v) is 4.20. The molecule has 0 spiro atoms. The van der Waals surface area contributed by atoms with Crippen molar-refractivity contribution in [1.82, 2.24) is 4.90 Å². The van der Waals surface area contributed by atoms with Crippen LogP contribution in [0.3, 0.4) is 0 Å². The Labute approximate surface area is 157 Å². The number of likely N-dealkylation sites (tertiary alicyclic amines) is 1. The van der Waals surface area contributed by atoms with Gasteiger partial charge in [0.2, 0.25) is 0 Å². The molecule has 2 rings (SSSR count). The second-order valence-corrected chi connectivity index (χ2v) is 6.37. The lowest BCUT2D eigenvalue weighted by atomic mass is 10.1. The molecule has 0 aromatic heterocycles. The first-order valence-corrected chi connectivity index (χ1v) is 8.55. The number of hydrogen-bond donors (Lipinski definition) is 2. The summed E-state index contributed by atoms with van der Waals surface area (Å²) < 4.78 is 0. The molecule has 1 unspecified atom stereocenters. The number of nitrogens with zero attached hydrogens (tertiary/aromatic N) is 2. The fourth-order valence-electron chi connectivity index (χ4n) is 2.95. The van der Waals surface area contributed by atoms with Crippen molar-refractivity contribution in [2.75, 3.05) is 31.5 Å². The number of halogens is 1. The molecule has 4 nitrogen and oxygen atoms in total. The lowest BCUT2D eigenvalue weighted by Crippen LogP contribution is -2.34. The van der Waals surface area contributed by atoms with Gasteiger partial charge in [0.1, 0.15) is 0 Å². The molecule has 0 saturated carbocycles. The first-order valence-electron chi connectivity index (χ1n) is 8.55. The molecule has 5 heteroatoms. The summed E-state index contributed by atoms with van der Waals surface area (Å²) in [5.41, 5.74) is 8.32. The van der Waals surface area contributed by atoms with E-state index in [4.69, 9.17) is 5.73 Å². The normalized spacial score (nSPS) is 17.4. The highest BCUT2D eigenvalue weighted by molar-refractivity contribution is 14.0. The maximum Gasteiger partial charge on any atom is 0.193 e. The lowest BCUT2D eigenvalue weighted by Gasteiger charge is -2.28. The molecule has 1 aliphatic heterocycles. The summed E-state index contributed by atoms with van der Waals surface area (Å²) in [5.74, 6) is 1.05. The predicted octanol–water partition coefficient (Wildman–Crippen LogP) is 3.72. The van der Waals surface area contributed by atoms with Crippen molar-refractivity contribution in [3.8, 4) is 0 Å². The van der Waals surface area contributed by atoms with Gasteiger partial charge < -0.3 is 16.0 Å². The summed E-state index contributed by atoms with van der Waals surface area (Å²) in [7, 11) is 0. The van der Waals surface area contributed by atoms with Crippen molar-refractivity contribution in [3.05, 3.63) is 29.8 Å². The Morgan fingerprint density at radius 3 is 2.74 bits per heavy atom. The van der Waals surface area contributed by atoms with Gasteiger partial charge in [-0.1, -0.05) is 32.4 Å². The van der Waals surface area contributed by atoms with Gasteiger partial charge in [0, 0.05) is 18.8 Å². The van der Waals surface area contributed by atoms with Crippen molar-refractivity contribution in [1.29, 1.82) is 0 Å². The number of piperidine rings is 1. The van der Waals surface area contributed by atoms with Gasteiger partial charge in [0.15, 0.2) is 5.96 Å². The second-order valence-electron chi connectivity index (χ2n) is 6.37. The van der Waals surface area contributed by atoms with Gasteiger partial charge in [-0.2, -0.15) is 0 Å². The molecule has 1 aromatic carbocycles. The number of nitrogens with one attached hydrogen (secondary N) is 1. The minimum atomic E-state index is 0. The zero-order valence-corrected chi connectivity index (χ0v) is 16.8. The van der Waals surface area contributed by atoms with Gasteiger partial charge in [-0.25, -0.2) is 0 Å². The zero-order chi connectivity index (χ0) is 15.8. The summed E-state index contributed by atoms with van der Waals surface area (Å²) in [6, 6.07) is 8.32. The highest BCUT2D eigenvalue weighted by Gasteiger charge is 2.13. The zero-order valence-electron chi connectivity index (χ0n) is 14.4. The van der Waals surface area contributed by atoms with E-state index in [0.717, 1.165) is 25.2 Å². The Kier molecular flexibility index (Phi) is 9.55. The van der Waals surface area contributed by atoms with Gasteiger partial charge in [0.05, 0.1) is 0 Å². The number of aryl methyl sites for hydroxylation is 1. The van der Waals surface area contributed by atoms with Crippen molar-refractivity contribution in [2.45, 2.75) is 39.5 Å². The van der Waals surface area contributed by atoms with Crippen LogP contribution in [0.5, 0.6) is 0 Å². The lowest BCUT2D eigenvalue weighted by molar-refractivity contribution is 0.203. The Hall–Kier alpha value is -0.820. The van der Waals surface area contributed by atoms with Crippen molar-refractivity contribution >= 4 is 35.6 Å². The van der Waals surface area contributed by atoms with Crippen LogP contribution in [-0.2, 0) is 6.42 Å². The number of nitrogens with two attached hydrogens (primary N) is 1. The first-order chi connectivity index (χ1) is 10.7. The van der Waals surface area contributed by atoms with Crippen LogP contribution < -0.4 is 11.1 Å². The molecule has 23 heavy (non-hydrogen) atoms. The van der Waals surface area contributed by atoms with E-state index in [9.17, 15) is 0 Å². The summed E-state index contributed by atoms with van der Waals surface area (Å²) >= 11 is 0. The molecule has 0 bridgehead atoms. The van der Waals surface area contributed by atoms with Crippen molar-refractivity contribution < 1.29 is 0 Å². The molecular weight excluding hydrogens is 399 g/mol. The molecule has 0 radical (unpaired) electrons. The summed E-state index contributed by atoms with van der Waals surface area (Å²) in [6.07, 6.45) is 5.09. The van der Waals surface area contributed by atoms with Crippen molar-refractivity contribution in [2.24, 2.45) is 16.6 Å². The topological polar surface area (TPSA) is 53.6 Å². The quantitative estimate of drug-likeness (QED) is 0.411. The minimum absolute atomic E-state index is 0. The van der Waals surface area contributed by atoms with Crippen LogP contribution in [0.25, 0.3) is 0 Å². The predicted molar refractivity (Wildman–Crippen MR) is 111 cm³/mol. The third-order valence-electron chi connectivity index (χ3n) is 4.20. The van der Waals surface area contributed by atoms with Gasteiger partial charge >= 0.3 is 0 Å². The minimum Gasteiger partial charge on any atom is -0.370 e. The van der Waals surface area contributed by atoms with E-state index in [2.05, 4.69) is 41.2 Å². The number of anilines is 1. The molecule has 0 aliphatic carbocycles. The highest BCUT2D eigenvalue weighted by Crippen LogP contribution is 2.12. The van der Waals surface area contributed by atoms with E-state index >= 15 is 0 Å². The fraction of sp³-hybridized carbons (Fsp3) is 0.611. The number of benzene rings is 1. The van der Waals surface area contributed by atoms with Crippen LogP contribution in [0.1, 0.15) is 38.7 Å². The molecule has 1 fully saturated rings. The number of guanidine groups is 1. The standard InChI is InChI=1S/C18H30N4.HI/c1-3-16-8-7-9-17(12-16)21-18(19)20-13-15(2)14-22-10-5-4-6-11-22;/h7-9,12,15H,3-6,10-11,13-14H2,1-2H3,(H3,19,20,21);1H. The molecule has 1 aromatic rings. The Balaban J connectivity index is 0.00000264. The maximum absolute atomic E-state index is 6.00. The van der Waals surface area contributed by atoms with Gasteiger partial charge in [-0.3, -0.25) is 4.99 Å². The highest BCUT2D eigenvalue weighted by atomic mass is 127. The summed E-state index contributed by atoms with van der Waals surface area (Å²) in [6.45, 7) is 8.80. The number of hydrogen-bond acceptors (Lipinski definition) is 2. The monoisotopic (exact) mass is 430 g/mol. The Morgan fingerprint density at radius 1 is 1.30 bits per heavy atom. The first kappa shape index (κ1) is 20.2. The van der Waals surface area contributed by atoms with E-state index < -0.39 is 0 Å². The van der Waals surface area contributed by atoms with Crippen molar-refractivity contribution in [3.63, 3.8) is 0 Å². The Morgan fingerprint density at radius 2 is 2.04 bits per heavy atom. The number of rotatable bonds is 6. The average molecular weight is 430 g/mol. The molecule has 0 amide bonds. The second kappa shape index (κ2) is 10.9. The van der Waals surface area contributed by atoms with E-state index in [1.54, 1.807) is 0 Å². The van der Waals surface area contributed by atoms with Crippen LogP contribution in [0, 0.1) is 5.92 Å². The van der Waals surface area contributed by atoms with Crippen LogP contribution in [0.15, 0.2) is 29.3 Å². The van der Waals surface area contributed by atoms with Gasteiger partial charge in [0.25, 0.3) is 0 Å². The smallest absolute Gasteiger partial charge is 0.193 e. The molecule has 1 saturated heterocycles. The van der Waals surface area contributed by atoms with Gasteiger partial charge in [-0.15, -0.1) is 24.0 Å². The van der Waals surface area contributed by atoms with Crippen LogP contribution in [0.4, 0.5) is 5.69 Å². The molecular formula is C18H31IN4. The summed E-state index contributed by atoms with van der Waals surface area (Å²) in [4.78, 5) is 7.05. The molecule has 1 atom stereocenters. The van der Waals surface area contributed by atoms with E-state index in [-0.39, 0.29) is 24.0 Å². The average Bonchev–Trinajstić information content (AvgIpc) is 2.54. The summed E-state index contributed by atoms with van der Waals surface area (Å²) in [5, 5.41) is 3.19. The van der Waals surface area contributed by atoms with Gasteiger partial charge in [-0.05, 0) is 56.0 Å². The third kappa shape index (κ3) is 7.52. The van der Waals surface area contributed by atoms with E-state index in [1.165, 1.54) is 37.9 Å². The molecule has 1 aliphatic rings. The maximum atomic E-state index is 6.00. The van der Waals surface area contributed by atoms with Crippen LogP contribution in [0.2, 0.25) is 0 Å². The largest absolute Gasteiger partial charge is 0.370 e. The molecule has 1 heterocycles.